The van der Waals surface area contributed by atoms with Gasteiger partial charge in [0.25, 0.3) is 0 Å². The summed E-state index contributed by atoms with van der Waals surface area (Å²) in [7, 11) is -1.29. The van der Waals surface area contributed by atoms with E-state index in [1.807, 2.05) is 13.0 Å². The Morgan fingerprint density at radius 3 is 2.26 bits per heavy atom. The zero-order valence-electron chi connectivity index (χ0n) is 25.0. The summed E-state index contributed by atoms with van der Waals surface area (Å²) in [5.41, 5.74) is 2.30. The fourth-order valence-electron chi connectivity index (χ4n) is 5.49. The van der Waals surface area contributed by atoms with E-state index < -0.39 is 15.1 Å². The summed E-state index contributed by atoms with van der Waals surface area (Å²) in [5.74, 6) is 1.27. The van der Waals surface area contributed by atoms with Gasteiger partial charge in [0.05, 0.1) is 28.1 Å². The molecular weight excluding hydrogens is 552 g/mol. The van der Waals surface area contributed by atoms with Crippen LogP contribution in [-0.2, 0) is 9.84 Å². The molecule has 0 spiro atoms. The molecule has 0 atom stereocenters. The quantitative estimate of drug-likeness (QED) is 0.353. The molecule has 1 aromatic heterocycles. The van der Waals surface area contributed by atoms with Crippen molar-refractivity contribution >= 4 is 38.8 Å². The second-order valence-corrected chi connectivity index (χ2v) is 13.6. The fourth-order valence-corrected chi connectivity index (χ4v) is 6.69. The van der Waals surface area contributed by atoms with Crippen LogP contribution in [0, 0.1) is 0 Å². The number of benzene rings is 2. The number of nitrogens with one attached hydrogen (secondary N) is 2. The second kappa shape index (κ2) is 13.2. The normalized spacial score (nSPS) is 17.4. The third-order valence-corrected chi connectivity index (χ3v) is 10.2. The topological polar surface area (TPSA) is 116 Å². The van der Waals surface area contributed by atoms with Gasteiger partial charge in [0.1, 0.15) is 12.1 Å². The van der Waals surface area contributed by atoms with Gasteiger partial charge in [0, 0.05) is 57.1 Å². The first kappa shape index (κ1) is 30.0. The number of nitrogens with zero attached hydrogens (tertiary/aromatic N) is 6. The Balaban J connectivity index is 1.28. The van der Waals surface area contributed by atoms with Crippen LogP contribution >= 0.6 is 0 Å². The summed E-state index contributed by atoms with van der Waals surface area (Å²) in [5, 5.41) is 5.76. The van der Waals surface area contributed by atoms with E-state index in [-0.39, 0.29) is 10.8 Å². The van der Waals surface area contributed by atoms with Crippen molar-refractivity contribution in [2.24, 2.45) is 0 Å². The van der Waals surface area contributed by atoms with Crippen molar-refractivity contribution < 1.29 is 13.2 Å². The highest BCUT2D eigenvalue weighted by Crippen LogP contribution is 2.34. The molecule has 0 amide bonds. The minimum absolute atomic E-state index is 0.205. The van der Waals surface area contributed by atoms with Crippen molar-refractivity contribution in [2.45, 2.75) is 49.8 Å². The summed E-state index contributed by atoms with van der Waals surface area (Å²) >= 11 is 0. The number of piperazine rings is 1. The van der Waals surface area contributed by atoms with Crippen molar-refractivity contribution in [1.82, 2.24) is 24.8 Å². The molecule has 12 heteroatoms. The Morgan fingerprint density at radius 1 is 0.929 bits per heavy atom. The molecule has 0 aliphatic carbocycles. The van der Waals surface area contributed by atoms with E-state index in [4.69, 9.17) is 4.74 Å². The number of rotatable bonds is 10. The van der Waals surface area contributed by atoms with Crippen LogP contribution in [0.15, 0.2) is 53.7 Å². The van der Waals surface area contributed by atoms with E-state index in [1.165, 1.54) is 6.33 Å². The highest BCUT2D eigenvalue weighted by molar-refractivity contribution is 7.92. The van der Waals surface area contributed by atoms with Gasteiger partial charge in [0.2, 0.25) is 11.9 Å². The molecular formula is C30H42N8O3S. The van der Waals surface area contributed by atoms with E-state index in [9.17, 15) is 8.42 Å². The number of ether oxygens (including phenoxy) is 1. The zero-order chi connectivity index (χ0) is 29.7. The summed E-state index contributed by atoms with van der Waals surface area (Å²) < 4.78 is 31.7. The molecule has 226 valence electrons. The van der Waals surface area contributed by atoms with Gasteiger partial charge in [-0.05, 0) is 64.9 Å². The molecule has 0 bridgehead atoms. The van der Waals surface area contributed by atoms with Gasteiger partial charge in [0.15, 0.2) is 9.84 Å². The average molecular weight is 595 g/mol. The molecule has 2 aromatic carbocycles. The van der Waals surface area contributed by atoms with E-state index >= 15 is 0 Å². The third-order valence-electron chi connectivity index (χ3n) is 8.03. The number of hydrogen-bond donors (Lipinski definition) is 2. The van der Waals surface area contributed by atoms with Crippen molar-refractivity contribution in [3.8, 4) is 5.75 Å². The molecule has 0 unspecified atom stereocenters. The van der Waals surface area contributed by atoms with Crippen molar-refractivity contribution in [2.75, 3.05) is 68.5 Å². The molecule has 42 heavy (non-hydrogen) atoms. The number of hydrogen-bond acceptors (Lipinski definition) is 11. The standard InChI is InChI=1S/C30H42N8O3S/c1-5-41-27-20-24(37-14-12-23(13-15-37)38-18-16-36(4)17-19-38)10-11-25(27)33-29-31-21-32-30(35-29)34-26-8-6-7-9-28(26)42(39,40)22(2)3/h6-11,20-23H,5,12-19H2,1-4H3,(H2,31,32,33,34,35). The summed E-state index contributed by atoms with van der Waals surface area (Å²) in [6.45, 7) is 12.5. The largest absolute Gasteiger partial charge is 0.492 e. The lowest BCUT2D eigenvalue weighted by Gasteiger charge is -2.42. The number of likely N-dealkylation sites (N-methyl/N-ethyl adjacent to an activating group) is 1. The summed E-state index contributed by atoms with van der Waals surface area (Å²) in [4.78, 5) is 20.7. The van der Waals surface area contributed by atoms with Crippen LogP contribution < -0.4 is 20.3 Å². The van der Waals surface area contributed by atoms with Gasteiger partial charge in [-0.15, -0.1) is 0 Å². The molecule has 2 fully saturated rings. The van der Waals surface area contributed by atoms with Crippen LogP contribution in [0.1, 0.15) is 33.6 Å². The highest BCUT2D eigenvalue weighted by Gasteiger charge is 2.27. The van der Waals surface area contributed by atoms with E-state index in [1.54, 1.807) is 38.1 Å². The van der Waals surface area contributed by atoms with Gasteiger partial charge in [-0.1, -0.05) is 12.1 Å². The number of sulfone groups is 1. The average Bonchev–Trinajstić information content (AvgIpc) is 2.99. The van der Waals surface area contributed by atoms with Crippen LogP contribution in [0.4, 0.5) is 29.0 Å². The molecule has 5 rings (SSSR count). The first-order chi connectivity index (χ1) is 20.2. The lowest BCUT2D eigenvalue weighted by Crippen LogP contribution is -2.52. The van der Waals surface area contributed by atoms with E-state index in [2.05, 4.69) is 59.5 Å². The Labute approximate surface area is 249 Å². The second-order valence-electron chi connectivity index (χ2n) is 11.1. The van der Waals surface area contributed by atoms with Gasteiger partial charge >= 0.3 is 0 Å². The molecule has 3 heterocycles. The van der Waals surface area contributed by atoms with Crippen molar-refractivity contribution in [3.63, 3.8) is 0 Å². The van der Waals surface area contributed by atoms with Crippen LogP contribution in [-0.4, -0.2) is 97.4 Å². The molecule has 2 aliphatic rings. The molecule has 3 aromatic rings. The molecule has 0 saturated carbocycles. The first-order valence-corrected chi connectivity index (χ1v) is 16.3. The smallest absolute Gasteiger partial charge is 0.232 e. The minimum Gasteiger partial charge on any atom is -0.492 e. The number of anilines is 5. The number of aromatic nitrogens is 3. The fraction of sp³-hybridized carbons (Fsp3) is 0.500. The molecule has 2 saturated heterocycles. The third kappa shape index (κ3) is 6.93. The molecule has 11 nitrogen and oxygen atoms in total. The zero-order valence-corrected chi connectivity index (χ0v) is 25.8. The van der Waals surface area contributed by atoms with E-state index in [0.717, 1.165) is 69.2 Å². The lowest BCUT2D eigenvalue weighted by atomic mass is 10.0. The van der Waals surface area contributed by atoms with Crippen LogP contribution in [0.2, 0.25) is 0 Å². The maximum absolute atomic E-state index is 12.9. The van der Waals surface area contributed by atoms with Gasteiger partial charge in [-0.25, -0.2) is 18.4 Å². The predicted octanol–water partition coefficient (Wildman–Crippen LogP) is 4.16. The van der Waals surface area contributed by atoms with Crippen molar-refractivity contribution in [1.29, 1.82) is 0 Å². The van der Waals surface area contributed by atoms with Gasteiger partial charge in [-0.2, -0.15) is 4.98 Å². The van der Waals surface area contributed by atoms with Crippen LogP contribution in [0.3, 0.4) is 0 Å². The molecule has 0 radical (unpaired) electrons. The minimum atomic E-state index is -3.50. The van der Waals surface area contributed by atoms with Gasteiger partial charge < -0.3 is 25.2 Å². The van der Waals surface area contributed by atoms with Crippen LogP contribution in [0.25, 0.3) is 0 Å². The van der Waals surface area contributed by atoms with Gasteiger partial charge in [-0.3, -0.25) is 4.90 Å². The summed E-state index contributed by atoms with van der Waals surface area (Å²) in [6, 6.07) is 13.6. The SMILES string of the molecule is CCOc1cc(N2CCC(N3CCN(C)CC3)CC2)ccc1Nc1ncnc(Nc2ccccc2S(=O)(=O)C(C)C)n1. The predicted molar refractivity (Wildman–Crippen MR) is 167 cm³/mol. The molecule has 2 aliphatic heterocycles. The number of para-hydroxylation sites is 1. The highest BCUT2D eigenvalue weighted by atomic mass is 32.2. The maximum atomic E-state index is 12.9. The first-order valence-electron chi connectivity index (χ1n) is 14.7. The maximum Gasteiger partial charge on any atom is 0.232 e. The Kier molecular flexibility index (Phi) is 9.44. The monoisotopic (exact) mass is 594 g/mol. The van der Waals surface area contributed by atoms with Crippen LogP contribution in [0.5, 0.6) is 5.75 Å². The Bertz CT molecular complexity index is 1450. The van der Waals surface area contributed by atoms with Crippen molar-refractivity contribution in [3.05, 3.63) is 48.8 Å². The Hall–Kier alpha value is -3.48. The van der Waals surface area contributed by atoms with E-state index in [0.29, 0.717) is 24.3 Å². The Morgan fingerprint density at radius 2 is 1.60 bits per heavy atom. The summed E-state index contributed by atoms with van der Waals surface area (Å²) in [6.07, 6.45) is 3.71. The molecule has 2 N–H and O–H groups in total. The lowest BCUT2D eigenvalue weighted by molar-refractivity contribution is 0.0982. The number of piperidine rings is 1.